The molecule has 1 aromatic carbocycles. The van der Waals surface area contributed by atoms with Crippen LogP contribution in [0, 0.1) is 0 Å². The molecule has 0 atom stereocenters. The number of benzene rings is 1. The fourth-order valence-corrected chi connectivity index (χ4v) is 1.58. The lowest BCUT2D eigenvalue weighted by molar-refractivity contribution is -0.138. The highest BCUT2D eigenvalue weighted by Gasteiger charge is 2.18. The van der Waals surface area contributed by atoms with Crippen LogP contribution in [0.5, 0.6) is 5.75 Å². The Bertz CT molecular complexity index is 463. The highest BCUT2D eigenvalue weighted by Crippen LogP contribution is 2.30. The summed E-state index contributed by atoms with van der Waals surface area (Å²) in [5.41, 5.74) is 0.912. The van der Waals surface area contributed by atoms with E-state index in [4.69, 9.17) is 9.84 Å². The van der Waals surface area contributed by atoms with E-state index in [1.54, 1.807) is 6.07 Å². The Balaban J connectivity index is 2.63. The Labute approximate surface area is 112 Å². The average molecular weight is 265 g/mol. The second-order valence-corrected chi connectivity index (χ2v) is 5.21. The summed E-state index contributed by atoms with van der Waals surface area (Å²) in [4.78, 5) is 21.7. The minimum absolute atomic E-state index is 0.0892. The molecule has 0 spiro atoms. The van der Waals surface area contributed by atoms with Crippen LogP contribution in [0.15, 0.2) is 24.3 Å². The molecule has 0 aliphatic heterocycles. The zero-order valence-corrected chi connectivity index (χ0v) is 11.4. The number of hydrogen-bond donors (Lipinski definition) is 2. The highest BCUT2D eigenvalue weighted by molar-refractivity contribution is 5.82. The Hall–Kier alpha value is -2.04. The van der Waals surface area contributed by atoms with E-state index in [1.807, 2.05) is 18.2 Å². The monoisotopic (exact) mass is 265 g/mol. The van der Waals surface area contributed by atoms with Crippen LogP contribution >= 0.6 is 0 Å². The Morgan fingerprint density at radius 2 is 1.89 bits per heavy atom. The number of para-hydroxylation sites is 1. The molecular weight excluding hydrogens is 246 g/mol. The SMILES string of the molecule is CC(C)(C)c1ccccc1OCC(=O)NCC(=O)O. The van der Waals surface area contributed by atoms with Gasteiger partial charge in [0.15, 0.2) is 6.61 Å². The van der Waals surface area contributed by atoms with E-state index in [2.05, 4.69) is 26.1 Å². The first kappa shape index (κ1) is 15.0. The van der Waals surface area contributed by atoms with Gasteiger partial charge in [0.25, 0.3) is 5.91 Å². The lowest BCUT2D eigenvalue weighted by atomic mass is 9.86. The second kappa shape index (κ2) is 6.22. The molecule has 0 radical (unpaired) electrons. The lowest BCUT2D eigenvalue weighted by Gasteiger charge is -2.22. The number of carboxylic acid groups (broad SMARTS) is 1. The third kappa shape index (κ3) is 4.99. The van der Waals surface area contributed by atoms with Gasteiger partial charge in [-0.25, -0.2) is 0 Å². The Morgan fingerprint density at radius 3 is 2.47 bits per heavy atom. The van der Waals surface area contributed by atoms with Crippen molar-refractivity contribution in [1.29, 1.82) is 0 Å². The number of nitrogens with one attached hydrogen (secondary N) is 1. The molecule has 0 bridgehead atoms. The predicted molar refractivity (Wildman–Crippen MR) is 71.3 cm³/mol. The number of carbonyl (C=O) groups is 2. The van der Waals surface area contributed by atoms with Crippen molar-refractivity contribution in [3.05, 3.63) is 29.8 Å². The largest absolute Gasteiger partial charge is 0.483 e. The fraction of sp³-hybridized carbons (Fsp3) is 0.429. The van der Waals surface area contributed by atoms with E-state index in [0.29, 0.717) is 5.75 Å². The maximum Gasteiger partial charge on any atom is 0.322 e. The van der Waals surface area contributed by atoms with Gasteiger partial charge in [0, 0.05) is 0 Å². The molecule has 2 N–H and O–H groups in total. The molecule has 5 heteroatoms. The maximum absolute atomic E-state index is 11.4. The highest BCUT2D eigenvalue weighted by atomic mass is 16.5. The zero-order valence-electron chi connectivity index (χ0n) is 11.4. The van der Waals surface area contributed by atoms with Crippen LogP contribution in [0.25, 0.3) is 0 Å². The van der Waals surface area contributed by atoms with Gasteiger partial charge in [-0.2, -0.15) is 0 Å². The van der Waals surface area contributed by atoms with Gasteiger partial charge in [0.1, 0.15) is 12.3 Å². The number of ether oxygens (including phenoxy) is 1. The number of aliphatic carboxylic acids is 1. The van der Waals surface area contributed by atoms with Crippen molar-refractivity contribution in [2.24, 2.45) is 0 Å². The first-order valence-electron chi connectivity index (χ1n) is 6.01. The molecule has 0 unspecified atom stereocenters. The molecule has 1 amide bonds. The Kier molecular flexibility index (Phi) is 4.92. The van der Waals surface area contributed by atoms with Gasteiger partial charge in [0.05, 0.1) is 0 Å². The molecular formula is C14H19NO4. The van der Waals surface area contributed by atoms with E-state index in [0.717, 1.165) is 5.56 Å². The van der Waals surface area contributed by atoms with Gasteiger partial charge in [-0.15, -0.1) is 0 Å². The van der Waals surface area contributed by atoms with Crippen LogP contribution in [-0.4, -0.2) is 30.1 Å². The van der Waals surface area contributed by atoms with Crippen molar-refractivity contribution < 1.29 is 19.4 Å². The van der Waals surface area contributed by atoms with E-state index in [9.17, 15) is 9.59 Å². The summed E-state index contributed by atoms with van der Waals surface area (Å²) in [5.74, 6) is -0.893. The number of amides is 1. The minimum Gasteiger partial charge on any atom is -0.483 e. The van der Waals surface area contributed by atoms with Crippen LogP contribution in [0.3, 0.4) is 0 Å². The number of carboxylic acids is 1. The van der Waals surface area contributed by atoms with E-state index in [-0.39, 0.29) is 12.0 Å². The number of hydrogen-bond acceptors (Lipinski definition) is 3. The summed E-state index contributed by atoms with van der Waals surface area (Å²) in [6, 6.07) is 7.49. The van der Waals surface area contributed by atoms with Crippen molar-refractivity contribution in [2.45, 2.75) is 26.2 Å². The average Bonchev–Trinajstić information content (AvgIpc) is 2.33. The zero-order chi connectivity index (χ0) is 14.5. The first-order chi connectivity index (χ1) is 8.80. The van der Waals surface area contributed by atoms with Crippen LogP contribution in [0.4, 0.5) is 0 Å². The van der Waals surface area contributed by atoms with E-state index in [1.165, 1.54) is 0 Å². The summed E-state index contributed by atoms with van der Waals surface area (Å²) in [7, 11) is 0. The molecule has 0 aliphatic rings. The second-order valence-electron chi connectivity index (χ2n) is 5.21. The molecule has 0 saturated carbocycles. The van der Waals surface area contributed by atoms with Crippen molar-refractivity contribution in [1.82, 2.24) is 5.32 Å². The maximum atomic E-state index is 11.4. The standard InChI is InChI=1S/C14H19NO4/c1-14(2,3)10-6-4-5-7-11(10)19-9-12(16)15-8-13(17)18/h4-7H,8-9H2,1-3H3,(H,15,16)(H,17,18). The quantitative estimate of drug-likeness (QED) is 0.847. The number of rotatable bonds is 5. The van der Waals surface area contributed by atoms with Gasteiger partial charge >= 0.3 is 5.97 Å². The summed E-state index contributed by atoms with van der Waals surface area (Å²) in [6.07, 6.45) is 0. The van der Waals surface area contributed by atoms with Gasteiger partial charge in [0.2, 0.25) is 0 Å². The van der Waals surface area contributed by atoms with E-state index >= 15 is 0 Å². The molecule has 1 aromatic rings. The molecule has 1 rings (SSSR count). The van der Waals surface area contributed by atoms with Crippen molar-refractivity contribution >= 4 is 11.9 Å². The van der Waals surface area contributed by atoms with Crippen molar-refractivity contribution in [3.63, 3.8) is 0 Å². The molecule has 0 saturated heterocycles. The normalized spacial score (nSPS) is 10.9. The van der Waals surface area contributed by atoms with Gasteiger partial charge in [-0.1, -0.05) is 39.0 Å². The van der Waals surface area contributed by atoms with Crippen molar-refractivity contribution in [2.75, 3.05) is 13.2 Å². The van der Waals surface area contributed by atoms with Crippen molar-refractivity contribution in [3.8, 4) is 5.75 Å². The van der Waals surface area contributed by atoms with Gasteiger partial charge in [-0.05, 0) is 17.0 Å². The topological polar surface area (TPSA) is 75.6 Å². The third-order valence-electron chi connectivity index (χ3n) is 2.49. The summed E-state index contributed by atoms with van der Waals surface area (Å²) >= 11 is 0. The summed E-state index contributed by atoms with van der Waals surface area (Å²) < 4.78 is 5.45. The Morgan fingerprint density at radius 1 is 1.26 bits per heavy atom. The van der Waals surface area contributed by atoms with Crippen LogP contribution in [0.2, 0.25) is 0 Å². The lowest BCUT2D eigenvalue weighted by Crippen LogP contribution is -2.33. The van der Waals surface area contributed by atoms with Crippen LogP contribution in [0.1, 0.15) is 26.3 Å². The smallest absolute Gasteiger partial charge is 0.322 e. The molecule has 0 aromatic heterocycles. The summed E-state index contributed by atoms with van der Waals surface area (Å²) in [5, 5.41) is 10.7. The molecule has 0 aliphatic carbocycles. The summed E-state index contributed by atoms with van der Waals surface area (Å²) in [6.45, 7) is 5.57. The predicted octanol–water partition coefficient (Wildman–Crippen LogP) is 1.56. The third-order valence-corrected chi connectivity index (χ3v) is 2.49. The van der Waals surface area contributed by atoms with Crippen LogP contribution < -0.4 is 10.1 Å². The van der Waals surface area contributed by atoms with E-state index < -0.39 is 18.4 Å². The van der Waals surface area contributed by atoms with Gasteiger partial charge in [-0.3, -0.25) is 9.59 Å². The number of carbonyl (C=O) groups excluding carboxylic acids is 1. The minimum atomic E-state index is -1.08. The molecule has 19 heavy (non-hydrogen) atoms. The molecule has 0 heterocycles. The molecule has 104 valence electrons. The van der Waals surface area contributed by atoms with Gasteiger partial charge < -0.3 is 15.2 Å². The van der Waals surface area contributed by atoms with Crippen LogP contribution in [-0.2, 0) is 15.0 Å². The fourth-order valence-electron chi connectivity index (χ4n) is 1.58. The molecule has 5 nitrogen and oxygen atoms in total. The molecule has 0 fully saturated rings. The first-order valence-corrected chi connectivity index (χ1v) is 6.01.